The Morgan fingerprint density at radius 3 is 2.45 bits per heavy atom. The smallest absolute Gasteiger partial charge is 0.0837 e. The quantitative estimate of drug-likeness (QED) is 0.351. The molecule has 0 aromatic heterocycles. The molecule has 0 aromatic carbocycles. The molecule has 0 saturated carbocycles. The standard InChI is InChI=1S/C5H12N4O2/c1-8-2-4-9(5-3-8)6-7-11-10/h10H,2-5H2,1H3/b7-6+. The minimum atomic E-state index is 0.823. The van der Waals surface area contributed by atoms with E-state index in [1.165, 1.54) is 0 Å². The molecule has 0 amide bonds. The zero-order valence-corrected chi connectivity index (χ0v) is 6.47. The average Bonchev–Trinajstić information content (AvgIpc) is 2.04. The highest BCUT2D eigenvalue weighted by molar-refractivity contribution is 4.64. The summed E-state index contributed by atoms with van der Waals surface area (Å²) in [5.41, 5.74) is 0. The van der Waals surface area contributed by atoms with Crippen LogP contribution in [0.3, 0.4) is 0 Å². The molecule has 64 valence electrons. The van der Waals surface area contributed by atoms with Crippen LogP contribution in [0.15, 0.2) is 10.5 Å². The van der Waals surface area contributed by atoms with Crippen molar-refractivity contribution in [1.29, 1.82) is 0 Å². The highest BCUT2D eigenvalue weighted by Crippen LogP contribution is 1.99. The van der Waals surface area contributed by atoms with Gasteiger partial charge in [0.2, 0.25) is 0 Å². The summed E-state index contributed by atoms with van der Waals surface area (Å²) in [5.74, 6) is 0. The minimum absolute atomic E-state index is 0.823. The van der Waals surface area contributed by atoms with Gasteiger partial charge >= 0.3 is 0 Å². The van der Waals surface area contributed by atoms with E-state index >= 15 is 0 Å². The van der Waals surface area contributed by atoms with Crippen LogP contribution >= 0.6 is 0 Å². The largest absolute Gasteiger partial charge is 0.303 e. The minimum Gasteiger partial charge on any atom is -0.303 e. The Morgan fingerprint density at radius 1 is 1.27 bits per heavy atom. The van der Waals surface area contributed by atoms with Gasteiger partial charge in [0.05, 0.1) is 18.4 Å². The van der Waals surface area contributed by atoms with Crippen molar-refractivity contribution in [2.24, 2.45) is 10.5 Å². The van der Waals surface area contributed by atoms with Crippen LogP contribution in [0.25, 0.3) is 0 Å². The third-order valence-corrected chi connectivity index (χ3v) is 1.68. The second-order valence-corrected chi connectivity index (χ2v) is 2.51. The number of likely N-dealkylation sites (N-methyl/N-ethyl adjacent to an activating group) is 1. The number of nitrogens with zero attached hydrogens (tertiary/aromatic N) is 4. The number of hydrogen-bond donors (Lipinski definition) is 1. The van der Waals surface area contributed by atoms with Crippen molar-refractivity contribution in [3.63, 3.8) is 0 Å². The summed E-state index contributed by atoms with van der Waals surface area (Å²) in [6.07, 6.45) is 0. The van der Waals surface area contributed by atoms with Crippen molar-refractivity contribution >= 4 is 0 Å². The summed E-state index contributed by atoms with van der Waals surface area (Å²) in [7, 11) is 2.05. The SMILES string of the molecule is CN1CCN(/N=N/OO)CC1. The van der Waals surface area contributed by atoms with Gasteiger partial charge in [0.15, 0.2) is 0 Å². The molecule has 1 rings (SSSR count). The van der Waals surface area contributed by atoms with Gasteiger partial charge in [-0.25, -0.2) is 4.99 Å². The Bertz CT molecular complexity index is 132. The topological polar surface area (TPSA) is 60.7 Å². The van der Waals surface area contributed by atoms with Crippen molar-refractivity contribution in [2.75, 3.05) is 33.2 Å². The predicted octanol–water partition coefficient (Wildman–Crippen LogP) is 0.00560. The normalized spacial score (nSPS) is 21.1. The average molecular weight is 160 g/mol. The fraction of sp³-hybridized carbons (Fsp3) is 1.00. The Hall–Kier alpha value is -0.880. The summed E-state index contributed by atoms with van der Waals surface area (Å²) >= 11 is 0. The first kappa shape index (κ1) is 8.22. The van der Waals surface area contributed by atoms with Crippen LogP contribution < -0.4 is 0 Å². The van der Waals surface area contributed by atoms with Crippen LogP contribution in [-0.2, 0) is 4.99 Å². The van der Waals surface area contributed by atoms with Gasteiger partial charge < -0.3 is 4.90 Å². The molecule has 0 unspecified atom stereocenters. The van der Waals surface area contributed by atoms with E-state index in [4.69, 9.17) is 5.26 Å². The van der Waals surface area contributed by atoms with Gasteiger partial charge in [-0.3, -0.25) is 5.01 Å². The highest BCUT2D eigenvalue weighted by Gasteiger charge is 2.11. The second-order valence-electron chi connectivity index (χ2n) is 2.51. The molecule has 1 aliphatic rings. The number of hydrogen-bond acceptors (Lipinski definition) is 5. The highest BCUT2D eigenvalue weighted by atomic mass is 17.2. The molecule has 1 N–H and O–H groups in total. The van der Waals surface area contributed by atoms with Crippen LogP contribution in [0, 0.1) is 0 Å². The molecule has 1 fully saturated rings. The van der Waals surface area contributed by atoms with E-state index in [0.29, 0.717) is 0 Å². The van der Waals surface area contributed by atoms with E-state index in [2.05, 4.69) is 27.4 Å². The molecule has 1 saturated heterocycles. The third-order valence-electron chi connectivity index (χ3n) is 1.68. The molecule has 0 aromatic rings. The summed E-state index contributed by atoms with van der Waals surface area (Å²) in [4.78, 5) is 5.67. The van der Waals surface area contributed by atoms with Crippen molar-refractivity contribution < 1.29 is 10.2 Å². The molecule has 1 heterocycles. The Labute approximate surface area is 64.9 Å². The van der Waals surface area contributed by atoms with Crippen LogP contribution in [0.1, 0.15) is 0 Å². The van der Waals surface area contributed by atoms with Crippen LogP contribution in [-0.4, -0.2) is 48.4 Å². The van der Waals surface area contributed by atoms with Crippen molar-refractivity contribution in [2.45, 2.75) is 0 Å². The van der Waals surface area contributed by atoms with Gasteiger partial charge in [0.1, 0.15) is 0 Å². The zero-order valence-electron chi connectivity index (χ0n) is 6.47. The van der Waals surface area contributed by atoms with E-state index in [1.54, 1.807) is 5.01 Å². The maximum absolute atomic E-state index is 7.85. The monoisotopic (exact) mass is 160 g/mol. The molecule has 0 aliphatic carbocycles. The maximum atomic E-state index is 7.85. The summed E-state index contributed by atoms with van der Waals surface area (Å²) in [5, 5.41) is 16.2. The second kappa shape index (κ2) is 4.09. The van der Waals surface area contributed by atoms with E-state index in [0.717, 1.165) is 26.2 Å². The van der Waals surface area contributed by atoms with E-state index in [1.807, 2.05) is 0 Å². The molecule has 1 aliphatic heterocycles. The van der Waals surface area contributed by atoms with Gasteiger partial charge in [0.25, 0.3) is 0 Å². The van der Waals surface area contributed by atoms with Gasteiger partial charge in [-0.15, -0.1) is 0 Å². The van der Waals surface area contributed by atoms with Crippen molar-refractivity contribution in [3.8, 4) is 0 Å². The predicted molar refractivity (Wildman–Crippen MR) is 37.6 cm³/mol. The van der Waals surface area contributed by atoms with Gasteiger partial charge in [-0.05, 0) is 12.3 Å². The molecule has 11 heavy (non-hydrogen) atoms. The Balaban J connectivity index is 2.22. The maximum Gasteiger partial charge on any atom is 0.0837 e. The molecule has 0 bridgehead atoms. The number of piperazine rings is 1. The lowest BCUT2D eigenvalue weighted by Gasteiger charge is -2.28. The van der Waals surface area contributed by atoms with Gasteiger partial charge in [-0.1, -0.05) is 0 Å². The first-order valence-electron chi connectivity index (χ1n) is 3.48. The lowest BCUT2D eigenvalue weighted by atomic mass is 10.4. The zero-order chi connectivity index (χ0) is 8.10. The lowest BCUT2D eigenvalue weighted by Crippen LogP contribution is -2.41. The van der Waals surface area contributed by atoms with Gasteiger partial charge in [0, 0.05) is 13.1 Å². The fourth-order valence-electron chi connectivity index (χ4n) is 0.953. The van der Waals surface area contributed by atoms with E-state index < -0.39 is 0 Å². The van der Waals surface area contributed by atoms with E-state index in [-0.39, 0.29) is 0 Å². The van der Waals surface area contributed by atoms with Crippen LogP contribution in [0.4, 0.5) is 0 Å². The Kier molecular flexibility index (Phi) is 3.06. The first-order chi connectivity index (χ1) is 5.33. The van der Waals surface area contributed by atoms with Crippen molar-refractivity contribution in [3.05, 3.63) is 0 Å². The summed E-state index contributed by atoms with van der Waals surface area (Å²) in [6.45, 7) is 3.57. The lowest BCUT2D eigenvalue weighted by molar-refractivity contribution is -0.255. The Morgan fingerprint density at radius 2 is 1.91 bits per heavy atom. The molecule has 6 nitrogen and oxygen atoms in total. The summed E-state index contributed by atoms with van der Waals surface area (Å²) in [6, 6.07) is 0. The molecular weight excluding hydrogens is 148 g/mol. The molecule has 0 atom stereocenters. The third kappa shape index (κ3) is 2.69. The van der Waals surface area contributed by atoms with Crippen molar-refractivity contribution in [1.82, 2.24) is 9.91 Å². The molecule has 6 heteroatoms. The molecule has 0 radical (unpaired) electrons. The van der Waals surface area contributed by atoms with E-state index in [9.17, 15) is 0 Å². The van der Waals surface area contributed by atoms with Crippen LogP contribution in [0.5, 0.6) is 0 Å². The molecular formula is C5H12N4O2. The number of rotatable bonds is 2. The van der Waals surface area contributed by atoms with Crippen LogP contribution in [0.2, 0.25) is 0 Å². The molecule has 0 spiro atoms. The summed E-state index contributed by atoms with van der Waals surface area (Å²) < 4.78 is 0. The van der Waals surface area contributed by atoms with Gasteiger partial charge in [-0.2, -0.15) is 5.26 Å². The fourth-order valence-corrected chi connectivity index (χ4v) is 0.953. The first-order valence-corrected chi connectivity index (χ1v) is 3.48.